The lowest BCUT2D eigenvalue weighted by molar-refractivity contribution is -0.137. The molecule has 0 atom stereocenters. The van der Waals surface area contributed by atoms with E-state index in [1.807, 2.05) is 0 Å². The van der Waals surface area contributed by atoms with Crippen LogP contribution in [0.2, 0.25) is 5.02 Å². The van der Waals surface area contributed by atoms with Crippen molar-refractivity contribution in [1.82, 2.24) is 0 Å². The zero-order valence-electron chi connectivity index (χ0n) is 11.7. The summed E-state index contributed by atoms with van der Waals surface area (Å²) in [5.74, 6) is -0.313. The Morgan fingerprint density at radius 2 is 1.96 bits per heavy atom. The lowest BCUT2D eigenvalue weighted by Crippen LogP contribution is -2.15. The quantitative estimate of drug-likeness (QED) is 0.740. The van der Waals surface area contributed by atoms with E-state index in [4.69, 9.17) is 16.3 Å². The number of methoxy groups -OCH3 is 1. The Bertz CT molecular complexity index is 750. The van der Waals surface area contributed by atoms with Crippen molar-refractivity contribution in [2.24, 2.45) is 0 Å². The van der Waals surface area contributed by atoms with Gasteiger partial charge in [0.2, 0.25) is 0 Å². The molecule has 0 unspecified atom stereocenters. The van der Waals surface area contributed by atoms with Crippen LogP contribution >= 0.6 is 27.5 Å². The minimum Gasteiger partial charge on any atom is -0.496 e. The standard InChI is InChI=1S/C15H10BrClF3NO2/c1-23-12-4-2-3-10(16)13(12)14(22)21-8-5-6-11(17)9(7-8)15(18,19)20/h2-7H,1H3,(H,21,22). The predicted molar refractivity (Wildman–Crippen MR) is 85.1 cm³/mol. The van der Waals surface area contributed by atoms with Crippen LogP contribution in [0.4, 0.5) is 18.9 Å². The van der Waals surface area contributed by atoms with Gasteiger partial charge < -0.3 is 10.1 Å². The molecular weight excluding hydrogens is 399 g/mol. The fourth-order valence-corrected chi connectivity index (χ4v) is 2.66. The second-order valence-electron chi connectivity index (χ2n) is 4.46. The van der Waals surface area contributed by atoms with Crippen LogP contribution in [0.15, 0.2) is 40.9 Å². The van der Waals surface area contributed by atoms with Crippen LogP contribution in [0, 0.1) is 0 Å². The largest absolute Gasteiger partial charge is 0.496 e. The zero-order chi connectivity index (χ0) is 17.2. The van der Waals surface area contributed by atoms with Gasteiger partial charge in [0, 0.05) is 10.2 Å². The third-order valence-corrected chi connectivity index (χ3v) is 3.94. The van der Waals surface area contributed by atoms with Crippen molar-refractivity contribution >= 4 is 39.1 Å². The van der Waals surface area contributed by atoms with E-state index in [0.29, 0.717) is 10.2 Å². The Labute approximate surface area is 143 Å². The molecule has 122 valence electrons. The zero-order valence-corrected chi connectivity index (χ0v) is 14.0. The molecule has 0 aliphatic rings. The molecule has 23 heavy (non-hydrogen) atoms. The number of alkyl halides is 3. The first-order chi connectivity index (χ1) is 10.7. The highest BCUT2D eigenvalue weighted by Crippen LogP contribution is 2.36. The van der Waals surface area contributed by atoms with E-state index < -0.39 is 22.7 Å². The highest BCUT2D eigenvalue weighted by atomic mass is 79.9. The number of amides is 1. The number of nitrogens with one attached hydrogen (secondary N) is 1. The molecule has 0 fully saturated rings. The van der Waals surface area contributed by atoms with Gasteiger partial charge in [0.25, 0.3) is 5.91 Å². The smallest absolute Gasteiger partial charge is 0.417 e. The van der Waals surface area contributed by atoms with Crippen LogP contribution in [0.1, 0.15) is 15.9 Å². The molecule has 0 aliphatic heterocycles. The Balaban J connectivity index is 2.35. The number of carbonyl (C=O) groups is 1. The van der Waals surface area contributed by atoms with E-state index in [1.54, 1.807) is 18.2 Å². The number of benzene rings is 2. The Morgan fingerprint density at radius 3 is 2.57 bits per heavy atom. The van der Waals surface area contributed by atoms with Gasteiger partial charge in [-0.1, -0.05) is 17.7 Å². The van der Waals surface area contributed by atoms with Crippen LogP contribution < -0.4 is 10.1 Å². The SMILES string of the molecule is COc1cccc(Br)c1C(=O)Nc1ccc(Cl)c(C(F)(F)F)c1. The summed E-state index contributed by atoms with van der Waals surface area (Å²) in [7, 11) is 1.39. The second kappa shape index (κ2) is 6.80. The minimum absolute atomic E-state index is 0.0236. The van der Waals surface area contributed by atoms with Gasteiger partial charge in [-0.15, -0.1) is 0 Å². The number of carbonyl (C=O) groups excluding carboxylic acids is 1. The lowest BCUT2D eigenvalue weighted by Gasteiger charge is -2.13. The lowest BCUT2D eigenvalue weighted by atomic mass is 10.1. The fraction of sp³-hybridized carbons (Fsp3) is 0.133. The average molecular weight is 409 g/mol. The highest BCUT2D eigenvalue weighted by Gasteiger charge is 2.33. The monoisotopic (exact) mass is 407 g/mol. The molecule has 0 saturated carbocycles. The maximum Gasteiger partial charge on any atom is 0.417 e. The molecule has 2 rings (SSSR count). The minimum atomic E-state index is -4.61. The van der Waals surface area contributed by atoms with Crippen LogP contribution in [0.3, 0.4) is 0 Å². The molecule has 0 aliphatic carbocycles. The van der Waals surface area contributed by atoms with Gasteiger partial charge in [-0.2, -0.15) is 13.2 Å². The van der Waals surface area contributed by atoms with Crippen molar-refractivity contribution in [3.63, 3.8) is 0 Å². The summed E-state index contributed by atoms with van der Waals surface area (Å²) in [6.07, 6.45) is -4.61. The van der Waals surface area contributed by atoms with E-state index in [0.717, 1.165) is 12.1 Å². The number of halogens is 5. The summed E-state index contributed by atoms with van der Waals surface area (Å²) < 4.78 is 44.1. The van der Waals surface area contributed by atoms with Crippen molar-refractivity contribution in [3.05, 3.63) is 57.0 Å². The summed E-state index contributed by atoms with van der Waals surface area (Å²) in [6.45, 7) is 0. The summed E-state index contributed by atoms with van der Waals surface area (Å²) in [4.78, 5) is 12.3. The molecule has 0 spiro atoms. The maximum atomic E-state index is 12.8. The van der Waals surface area contributed by atoms with Crippen molar-refractivity contribution in [1.29, 1.82) is 0 Å². The van der Waals surface area contributed by atoms with Gasteiger partial charge in [0.1, 0.15) is 5.75 Å². The van der Waals surface area contributed by atoms with Crippen molar-refractivity contribution < 1.29 is 22.7 Å². The topological polar surface area (TPSA) is 38.3 Å². The molecule has 2 aromatic rings. The Hall–Kier alpha value is -1.73. The predicted octanol–water partition coefficient (Wildman–Crippen LogP) is 5.38. The molecule has 0 saturated heterocycles. The van der Waals surface area contributed by atoms with E-state index >= 15 is 0 Å². The van der Waals surface area contributed by atoms with Gasteiger partial charge in [0.15, 0.2) is 0 Å². The molecule has 0 aromatic heterocycles. The molecule has 3 nitrogen and oxygen atoms in total. The first-order valence-corrected chi connectivity index (χ1v) is 7.41. The van der Waals surface area contributed by atoms with E-state index in [1.165, 1.54) is 13.2 Å². The van der Waals surface area contributed by atoms with Crippen LogP contribution in [-0.2, 0) is 6.18 Å². The van der Waals surface area contributed by atoms with Crippen LogP contribution in [0.25, 0.3) is 0 Å². The fourth-order valence-electron chi connectivity index (χ4n) is 1.91. The third-order valence-electron chi connectivity index (χ3n) is 2.95. The average Bonchev–Trinajstić information content (AvgIpc) is 2.47. The van der Waals surface area contributed by atoms with Crippen LogP contribution in [-0.4, -0.2) is 13.0 Å². The van der Waals surface area contributed by atoms with E-state index in [-0.39, 0.29) is 11.3 Å². The van der Waals surface area contributed by atoms with E-state index in [9.17, 15) is 18.0 Å². The van der Waals surface area contributed by atoms with Crippen molar-refractivity contribution in [2.75, 3.05) is 12.4 Å². The van der Waals surface area contributed by atoms with Gasteiger partial charge in [0.05, 0.1) is 23.3 Å². The Morgan fingerprint density at radius 1 is 1.26 bits per heavy atom. The first-order valence-electron chi connectivity index (χ1n) is 6.24. The summed E-state index contributed by atoms with van der Waals surface area (Å²) in [5.41, 5.74) is -0.862. The molecule has 0 bridgehead atoms. The van der Waals surface area contributed by atoms with Crippen molar-refractivity contribution in [3.8, 4) is 5.75 Å². The number of ether oxygens (including phenoxy) is 1. The number of hydrogen-bond donors (Lipinski definition) is 1. The molecule has 2 aromatic carbocycles. The molecule has 0 heterocycles. The summed E-state index contributed by atoms with van der Waals surface area (Å²) >= 11 is 8.76. The first kappa shape index (κ1) is 17.6. The molecule has 1 N–H and O–H groups in total. The maximum absolute atomic E-state index is 12.8. The normalized spacial score (nSPS) is 11.2. The Kier molecular flexibility index (Phi) is 5.21. The second-order valence-corrected chi connectivity index (χ2v) is 5.73. The van der Waals surface area contributed by atoms with Gasteiger partial charge in [-0.3, -0.25) is 4.79 Å². The van der Waals surface area contributed by atoms with E-state index in [2.05, 4.69) is 21.2 Å². The highest BCUT2D eigenvalue weighted by molar-refractivity contribution is 9.10. The van der Waals surface area contributed by atoms with Crippen molar-refractivity contribution in [2.45, 2.75) is 6.18 Å². The number of anilines is 1. The molecule has 1 amide bonds. The molecule has 0 radical (unpaired) electrons. The molecular formula is C15H10BrClF3NO2. The number of hydrogen-bond acceptors (Lipinski definition) is 2. The van der Waals surface area contributed by atoms with Gasteiger partial charge in [-0.05, 0) is 46.3 Å². The summed E-state index contributed by atoms with van der Waals surface area (Å²) in [5, 5.41) is 1.97. The van der Waals surface area contributed by atoms with Gasteiger partial charge in [-0.25, -0.2) is 0 Å². The summed E-state index contributed by atoms with van der Waals surface area (Å²) in [6, 6.07) is 8.02. The third kappa shape index (κ3) is 3.97. The number of rotatable bonds is 3. The molecule has 8 heteroatoms. The van der Waals surface area contributed by atoms with Gasteiger partial charge >= 0.3 is 6.18 Å². The van der Waals surface area contributed by atoms with Crippen LogP contribution in [0.5, 0.6) is 5.75 Å².